The predicted octanol–water partition coefficient (Wildman–Crippen LogP) is 2.05. The fourth-order valence-electron chi connectivity index (χ4n) is 2.57. The minimum atomic E-state index is -2.99. The Kier molecular flexibility index (Phi) is 4.05. The summed E-state index contributed by atoms with van der Waals surface area (Å²) in [7, 11) is -2.99. The van der Waals surface area contributed by atoms with Crippen molar-refractivity contribution in [3.63, 3.8) is 0 Å². The molecule has 1 saturated heterocycles. The second-order valence-corrected chi connectivity index (χ2v) is 8.65. The Morgan fingerprint density at radius 3 is 2.95 bits per heavy atom. The summed E-state index contributed by atoms with van der Waals surface area (Å²) in [5.74, 6) is 0.436. The second kappa shape index (κ2) is 5.85. The van der Waals surface area contributed by atoms with Crippen LogP contribution in [0.3, 0.4) is 0 Å². The smallest absolute Gasteiger partial charge is 0.233 e. The normalized spacial score (nSPS) is 21.6. The maximum Gasteiger partial charge on any atom is 0.233 e. The van der Waals surface area contributed by atoms with Gasteiger partial charge in [0.25, 0.3) is 0 Å². The molecule has 1 aliphatic rings. The van der Waals surface area contributed by atoms with Crippen LogP contribution >= 0.6 is 11.3 Å². The van der Waals surface area contributed by atoms with Crippen LogP contribution in [0.5, 0.6) is 0 Å². The lowest BCUT2D eigenvalue weighted by molar-refractivity contribution is -0.117. The minimum Gasteiger partial charge on any atom is -0.310 e. The SMILES string of the molecule is C[C@@H](C(=O)Nc1ccnn1[C@@H]1CCS(=O)(=O)C1)c1cccs1. The third-order valence-electron chi connectivity index (χ3n) is 3.84. The molecule has 22 heavy (non-hydrogen) atoms. The monoisotopic (exact) mass is 339 g/mol. The van der Waals surface area contributed by atoms with Crippen molar-refractivity contribution in [2.75, 3.05) is 16.8 Å². The van der Waals surface area contributed by atoms with Gasteiger partial charge in [-0.15, -0.1) is 11.3 Å². The third kappa shape index (κ3) is 3.07. The summed E-state index contributed by atoms with van der Waals surface area (Å²) in [4.78, 5) is 13.3. The van der Waals surface area contributed by atoms with E-state index in [1.807, 2.05) is 24.4 Å². The van der Waals surface area contributed by atoms with Crippen molar-refractivity contribution in [1.82, 2.24) is 9.78 Å². The van der Waals surface area contributed by atoms with Crippen LogP contribution < -0.4 is 5.32 Å². The summed E-state index contributed by atoms with van der Waals surface area (Å²) in [6, 6.07) is 5.34. The number of carbonyl (C=O) groups excluding carboxylic acids is 1. The molecular weight excluding hydrogens is 322 g/mol. The summed E-state index contributed by atoms with van der Waals surface area (Å²) in [6.07, 6.45) is 2.11. The molecule has 0 bridgehead atoms. The number of rotatable bonds is 4. The molecule has 1 N–H and O–H groups in total. The van der Waals surface area contributed by atoms with E-state index in [0.717, 1.165) is 4.88 Å². The van der Waals surface area contributed by atoms with Gasteiger partial charge in [-0.25, -0.2) is 13.1 Å². The van der Waals surface area contributed by atoms with E-state index in [1.54, 1.807) is 16.9 Å². The van der Waals surface area contributed by atoms with Crippen LogP contribution in [0.4, 0.5) is 5.82 Å². The second-order valence-electron chi connectivity index (χ2n) is 5.44. The van der Waals surface area contributed by atoms with E-state index in [2.05, 4.69) is 10.4 Å². The summed E-state index contributed by atoms with van der Waals surface area (Å²) < 4.78 is 24.8. The molecule has 6 nitrogen and oxygen atoms in total. The fraction of sp³-hybridized carbons (Fsp3) is 0.429. The molecular formula is C14H17N3O3S2. The maximum absolute atomic E-state index is 12.3. The first kappa shape index (κ1) is 15.2. The Hall–Kier alpha value is -1.67. The van der Waals surface area contributed by atoms with E-state index >= 15 is 0 Å². The van der Waals surface area contributed by atoms with Crippen molar-refractivity contribution < 1.29 is 13.2 Å². The zero-order valence-corrected chi connectivity index (χ0v) is 13.7. The Balaban J connectivity index is 1.74. The number of sulfone groups is 1. The summed E-state index contributed by atoms with van der Waals surface area (Å²) >= 11 is 1.54. The van der Waals surface area contributed by atoms with Gasteiger partial charge < -0.3 is 5.32 Å². The zero-order valence-electron chi connectivity index (χ0n) is 12.1. The van der Waals surface area contributed by atoms with Crippen LogP contribution in [-0.2, 0) is 14.6 Å². The van der Waals surface area contributed by atoms with Gasteiger partial charge in [-0.05, 0) is 24.8 Å². The van der Waals surface area contributed by atoms with Gasteiger partial charge in [-0.2, -0.15) is 5.10 Å². The number of thiophene rings is 1. The highest BCUT2D eigenvalue weighted by Gasteiger charge is 2.31. The minimum absolute atomic E-state index is 0.0814. The van der Waals surface area contributed by atoms with Crippen LogP contribution in [0.15, 0.2) is 29.8 Å². The average molecular weight is 339 g/mol. The summed E-state index contributed by atoms with van der Waals surface area (Å²) in [5, 5.41) is 8.97. The summed E-state index contributed by atoms with van der Waals surface area (Å²) in [6.45, 7) is 1.85. The maximum atomic E-state index is 12.3. The molecule has 1 aliphatic heterocycles. The van der Waals surface area contributed by atoms with Crippen LogP contribution in [0, 0.1) is 0 Å². The standard InChI is InChI=1S/C14H17N3O3S2/c1-10(12-3-2-7-21-12)14(18)16-13-4-6-15-17(13)11-5-8-22(19,20)9-11/h2-4,6-7,10-11H,5,8-9H2,1H3,(H,16,18)/t10-,11-/m1/s1. The van der Waals surface area contributed by atoms with Gasteiger partial charge in [0.2, 0.25) is 5.91 Å². The number of nitrogens with one attached hydrogen (secondary N) is 1. The van der Waals surface area contributed by atoms with Gasteiger partial charge >= 0.3 is 0 Å². The molecule has 3 heterocycles. The molecule has 2 aromatic heterocycles. The van der Waals surface area contributed by atoms with Gasteiger partial charge in [0, 0.05) is 10.9 Å². The van der Waals surface area contributed by atoms with Crippen molar-refractivity contribution in [1.29, 1.82) is 0 Å². The molecule has 2 aromatic rings. The van der Waals surface area contributed by atoms with Crippen LogP contribution in [-0.4, -0.2) is 35.6 Å². The lowest BCUT2D eigenvalue weighted by atomic mass is 10.1. The van der Waals surface area contributed by atoms with Gasteiger partial charge in [0.15, 0.2) is 9.84 Å². The molecule has 0 aliphatic carbocycles. The fourth-order valence-corrected chi connectivity index (χ4v) is 5.05. The van der Waals surface area contributed by atoms with E-state index in [4.69, 9.17) is 0 Å². The quantitative estimate of drug-likeness (QED) is 0.924. The number of aromatic nitrogens is 2. The Bertz CT molecular complexity index is 765. The number of anilines is 1. The van der Waals surface area contributed by atoms with Gasteiger partial charge in [-0.3, -0.25) is 4.79 Å². The van der Waals surface area contributed by atoms with E-state index in [0.29, 0.717) is 12.2 Å². The third-order valence-corrected chi connectivity index (χ3v) is 6.64. The zero-order chi connectivity index (χ0) is 15.7. The Morgan fingerprint density at radius 2 is 2.32 bits per heavy atom. The molecule has 3 rings (SSSR count). The van der Waals surface area contributed by atoms with E-state index in [1.165, 1.54) is 11.3 Å². The first-order valence-electron chi connectivity index (χ1n) is 7.04. The highest BCUT2D eigenvalue weighted by molar-refractivity contribution is 7.91. The first-order valence-corrected chi connectivity index (χ1v) is 9.74. The molecule has 118 valence electrons. The Morgan fingerprint density at radius 1 is 1.50 bits per heavy atom. The molecule has 0 unspecified atom stereocenters. The number of hydrogen-bond acceptors (Lipinski definition) is 5. The topological polar surface area (TPSA) is 81.1 Å². The highest BCUT2D eigenvalue weighted by atomic mass is 32.2. The van der Waals surface area contributed by atoms with Crippen molar-refractivity contribution in [3.8, 4) is 0 Å². The first-order chi connectivity index (χ1) is 10.5. The van der Waals surface area contributed by atoms with Gasteiger partial charge in [0.1, 0.15) is 5.82 Å². The highest BCUT2D eigenvalue weighted by Crippen LogP contribution is 2.27. The molecule has 1 amide bonds. The number of hydrogen-bond donors (Lipinski definition) is 1. The molecule has 1 fully saturated rings. The summed E-state index contributed by atoms with van der Waals surface area (Å²) in [5.41, 5.74) is 0. The van der Waals surface area contributed by atoms with Crippen LogP contribution in [0.1, 0.15) is 30.2 Å². The van der Waals surface area contributed by atoms with E-state index < -0.39 is 9.84 Å². The Labute approximate surface area is 133 Å². The lowest BCUT2D eigenvalue weighted by Crippen LogP contribution is -2.22. The van der Waals surface area contributed by atoms with Crippen molar-refractivity contribution in [2.24, 2.45) is 0 Å². The predicted molar refractivity (Wildman–Crippen MR) is 85.9 cm³/mol. The molecule has 0 spiro atoms. The van der Waals surface area contributed by atoms with Gasteiger partial charge in [-0.1, -0.05) is 6.07 Å². The number of amides is 1. The molecule has 0 radical (unpaired) electrons. The molecule has 0 aromatic carbocycles. The number of nitrogens with zero attached hydrogens (tertiary/aromatic N) is 2. The van der Waals surface area contributed by atoms with E-state index in [-0.39, 0.29) is 29.4 Å². The number of carbonyl (C=O) groups is 1. The lowest BCUT2D eigenvalue weighted by Gasteiger charge is -2.15. The van der Waals surface area contributed by atoms with E-state index in [9.17, 15) is 13.2 Å². The van der Waals surface area contributed by atoms with Crippen molar-refractivity contribution in [3.05, 3.63) is 34.7 Å². The van der Waals surface area contributed by atoms with Crippen molar-refractivity contribution >= 4 is 32.9 Å². The van der Waals surface area contributed by atoms with Crippen molar-refractivity contribution in [2.45, 2.75) is 25.3 Å². The van der Waals surface area contributed by atoms with Gasteiger partial charge in [0.05, 0.1) is 29.7 Å². The van der Waals surface area contributed by atoms with Crippen LogP contribution in [0.25, 0.3) is 0 Å². The van der Waals surface area contributed by atoms with Crippen LogP contribution in [0.2, 0.25) is 0 Å². The molecule has 0 saturated carbocycles. The largest absolute Gasteiger partial charge is 0.310 e. The molecule has 8 heteroatoms. The molecule has 2 atom stereocenters. The average Bonchev–Trinajstić information content (AvgIpc) is 3.18.